The molecule has 0 saturated heterocycles. The number of hydrogen-bond acceptors (Lipinski definition) is 5. The molecule has 0 bridgehead atoms. The molecule has 15 heavy (non-hydrogen) atoms. The Morgan fingerprint density at radius 3 is 2.93 bits per heavy atom. The highest BCUT2D eigenvalue weighted by atomic mass is 16.6. The first kappa shape index (κ1) is 9.13. The summed E-state index contributed by atoms with van der Waals surface area (Å²) in [6.45, 7) is 0. The molecule has 2 heterocycles. The van der Waals surface area contributed by atoms with Gasteiger partial charge in [-0.15, -0.1) is 0 Å². The summed E-state index contributed by atoms with van der Waals surface area (Å²) >= 11 is 0. The maximum absolute atomic E-state index is 10.4. The van der Waals surface area contributed by atoms with Crippen molar-refractivity contribution in [1.29, 1.82) is 0 Å². The van der Waals surface area contributed by atoms with Gasteiger partial charge in [0, 0.05) is 18.0 Å². The average molecular weight is 205 g/mol. The molecule has 2 N–H and O–H groups in total. The zero-order valence-corrected chi connectivity index (χ0v) is 7.57. The lowest BCUT2D eigenvalue weighted by Crippen LogP contribution is -1.98. The molecular formula is C8H7N5O2. The van der Waals surface area contributed by atoms with Crippen molar-refractivity contribution in [3.63, 3.8) is 0 Å². The smallest absolute Gasteiger partial charge is 0.307 e. The van der Waals surface area contributed by atoms with Crippen LogP contribution in [0.3, 0.4) is 0 Å². The van der Waals surface area contributed by atoms with Gasteiger partial charge >= 0.3 is 5.69 Å². The largest absolute Gasteiger partial charge is 0.399 e. The van der Waals surface area contributed by atoms with Crippen LogP contribution in [0.25, 0.3) is 5.82 Å². The predicted molar refractivity (Wildman–Crippen MR) is 52.4 cm³/mol. The molecule has 0 atom stereocenters. The minimum Gasteiger partial charge on any atom is -0.399 e. The molecule has 0 spiro atoms. The van der Waals surface area contributed by atoms with Gasteiger partial charge in [0.05, 0.1) is 4.92 Å². The topological polar surface area (TPSA) is 99.9 Å². The van der Waals surface area contributed by atoms with Gasteiger partial charge in [-0.05, 0) is 6.07 Å². The standard InChI is InChI=1S/C8H7N5O2/c9-6-1-2-10-8(3-6)12-5-7(4-11-12)13(14)15/h1-5H,(H2,9,10). The third-order valence-corrected chi connectivity index (χ3v) is 1.78. The molecule has 2 rings (SSSR count). The molecule has 0 fully saturated rings. The molecule has 0 saturated carbocycles. The molecule has 0 aliphatic heterocycles. The van der Waals surface area contributed by atoms with Crippen LogP contribution in [0.5, 0.6) is 0 Å². The summed E-state index contributed by atoms with van der Waals surface area (Å²) in [5.41, 5.74) is 5.99. The van der Waals surface area contributed by atoms with Crippen LogP contribution < -0.4 is 5.73 Å². The van der Waals surface area contributed by atoms with E-state index in [1.807, 2.05) is 0 Å². The van der Waals surface area contributed by atoms with E-state index in [0.717, 1.165) is 6.20 Å². The number of nitrogen functional groups attached to an aromatic ring is 1. The Bertz CT molecular complexity index is 507. The Morgan fingerprint density at radius 2 is 2.33 bits per heavy atom. The number of nitrogens with two attached hydrogens (primary N) is 1. The van der Waals surface area contributed by atoms with Crippen LogP contribution >= 0.6 is 0 Å². The highest BCUT2D eigenvalue weighted by Crippen LogP contribution is 2.13. The van der Waals surface area contributed by atoms with Gasteiger partial charge in [0.15, 0.2) is 5.82 Å². The Kier molecular flexibility index (Phi) is 2.05. The molecule has 7 nitrogen and oxygen atoms in total. The van der Waals surface area contributed by atoms with Crippen molar-refractivity contribution in [3.05, 3.63) is 40.8 Å². The third kappa shape index (κ3) is 1.75. The average Bonchev–Trinajstić information content (AvgIpc) is 2.66. The molecule has 7 heteroatoms. The molecule has 76 valence electrons. The van der Waals surface area contributed by atoms with E-state index in [-0.39, 0.29) is 5.69 Å². The Morgan fingerprint density at radius 1 is 1.53 bits per heavy atom. The maximum atomic E-state index is 10.4. The lowest BCUT2D eigenvalue weighted by molar-refractivity contribution is -0.384. The molecule has 0 aromatic carbocycles. The summed E-state index contributed by atoms with van der Waals surface area (Å²) in [6, 6.07) is 3.21. The second-order valence-electron chi connectivity index (χ2n) is 2.85. The van der Waals surface area contributed by atoms with Gasteiger partial charge in [-0.25, -0.2) is 9.67 Å². The molecular weight excluding hydrogens is 198 g/mol. The summed E-state index contributed by atoms with van der Waals surface area (Å²) in [4.78, 5) is 13.9. The van der Waals surface area contributed by atoms with E-state index in [4.69, 9.17) is 5.73 Å². The molecule has 0 unspecified atom stereocenters. The highest BCUT2D eigenvalue weighted by molar-refractivity contribution is 5.43. The quantitative estimate of drug-likeness (QED) is 0.576. The first-order valence-corrected chi connectivity index (χ1v) is 4.08. The molecule has 2 aromatic rings. The van der Waals surface area contributed by atoms with Crippen molar-refractivity contribution in [3.8, 4) is 5.82 Å². The second-order valence-corrected chi connectivity index (χ2v) is 2.85. The summed E-state index contributed by atoms with van der Waals surface area (Å²) < 4.78 is 1.30. The number of rotatable bonds is 2. The first-order chi connectivity index (χ1) is 7.16. The number of pyridine rings is 1. The lowest BCUT2D eigenvalue weighted by Gasteiger charge is -1.99. The number of hydrogen-bond donors (Lipinski definition) is 1. The SMILES string of the molecule is Nc1ccnc(-n2cc([N+](=O)[O-])cn2)c1. The van der Waals surface area contributed by atoms with Crippen LogP contribution in [0.15, 0.2) is 30.7 Å². The van der Waals surface area contributed by atoms with Crippen LogP contribution in [0.4, 0.5) is 11.4 Å². The van der Waals surface area contributed by atoms with Crippen molar-refractivity contribution in [2.24, 2.45) is 0 Å². The van der Waals surface area contributed by atoms with Crippen molar-refractivity contribution in [2.45, 2.75) is 0 Å². The van der Waals surface area contributed by atoms with E-state index >= 15 is 0 Å². The van der Waals surface area contributed by atoms with Crippen molar-refractivity contribution < 1.29 is 4.92 Å². The minimum atomic E-state index is -0.518. The van der Waals surface area contributed by atoms with Gasteiger partial charge in [0.2, 0.25) is 0 Å². The number of aromatic nitrogens is 3. The molecule has 0 aliphatic rings. The third-order valence-electron chi connectivity index (χ3n) is 1.78. The van der Waals surface area contributed by atoms with Gasteiger partial charge in [-0.1, -0.05) is 0 Å². The first-order valence-electron chi connectivity index (χ1n) is 4.08. The fourth-order valence-electron chi connectivity index (χ4n) is 1.09. The molecule has 2 aromatic heterocycles. The minimum absolute atomic E-state index is 0.0841. The van der Waals surface area contributed by atoms with Gasteiger partial charge < -0.3 is 5.73 Å². The van der Waals surface area contributed by atoms with Gasteiger partial charge in [0.25, 0.3) is 0 Å². The molecule has 0 amide bonds. The summed E-state index contributed by atoms with van der Waals surface area (Å²) in [6.07, 6.45) is 3.95. The van der Waals surface area contributed by atoms with E-state index in [1.165, 1.54) is 17.1 Å². The van der Waals surface area contributed by atoms with Crippen molar-refractivity contribution in [1.82, 2.24) is 14.8 Å². The van der Waals surface area contributed by atoms with E-state index in [9.17, 15) is 10.1 Å². The number of nitro groups is 1. The van der Waals surface area contributed by atoms with Gasteiger partial charge in [-0.2, -0.15) is 5.10 Å². The van der Waals surface area contributed by atoms with Crippen LogP contribution in [-0.4, -0.2) is 19.7 Å². The van der Waals surface area contributed by atoms with Gasteiger partial charge in [0.1, 0.15) is 12.4 Å². The number of anilines is 1. The summed E-state index contributed by atoms with van der Waals surface area (Å²) in [7, 11) is 0. The maximum Gasteiger partial charge on any atom is 0.307 e. The molecule has 0 radical (unpaired) electrons. The van der Waals surface area contributed by atoms with Crippen molar-refractivity contribution in [2.75, 3.05) is 5.73 Å². The van der Waals surface area contributed by atoms with Crippen molar-refractivity contribution >= 4 is 11.4 Å². The zero-order valence-electron chi connectivity index (χ0n) is 7.57. The molecule has 0 aliphatic carbocycles. The number of nitrogens with zero attached hydrogens (tertiary/aromatic N) is 4. The summed E-state index contributed by atoms with van der Waals surface area (Å²) in [5.74, 6) is 0.447. The van der Waals surface area contributed by atoms with E-state index in [1.54, 1.807) is 12.1 Å². The summed E-state index contributed by atoms with van der Waals surface area (Å²) in [5, 5.41) is 14.2. The highest BCUT2D eigenvalue weighted by Gasteiger charge is 2.10. The van der Waals surface area contributed by atoms with Crippen LogP contribution in [0, 0.1) is 10.1 Å². The second kappa shape index (κ2) is 3.37. The van der Waals surface area contributed by atoms with Crippen LogP contribution in [0.1, 0.15) is 0 Å². The Labute approximate surface area is 84.3 Å². The van der Waals surface area contributed by atoms with E-state index in [0.29, 0.717) is 11.5 Å². The van der Waals surface area contributed by atoms with E-state index < -0.39 is 4.92 Å². The normalized spacial score (nSPS) is 10.1. The fraction of sp³-hybridized carbons (Fsp3) is 0. The van der Waals surface area contributed by atoms with Crippen LogP contribution in [0.2, 0.25) is 0 Å². The Hall–Kier alpha value is -2.44. The monoisotopic (exact) mass is 205 g/mol. The lowest BCUT2D eigenvalue weighted by atomic mass is 10.4. The fourth-order valence-corrected chi connectivity index (χ4v) is 1.09. The predicted octanol–water partition coefficient (Wildman–Crippen LogP) is 0.758. The Balaban J connectivity index is 2.41. The van der Waals surface area contributed by atoms with Gasteiger partial charge in [-0.3, -0.25) is 10.1 Å². The zero-order chi connectivity index (χ0) is 10.8. The van der Waals surface area contributed by atoms with E-state index in [2.05, 4.69) is 10.1 Å². The van der Waals surface area contributed by atoms with Crippen LogP contribution in [-0.2, 0) is 0 Å².